The predicted molar refractivity (Wildman–Crippen MR) is 111 cm³/mol. The summed E-state index contributed by atoms with van der Waals surface area (Å²) in [5.74, 6) is 1.01. The molecule has 0 aromatic heterocycles. The van der Waals surface area contributed by atoms with Crippen LogP contribution in [0.15, 0.2) is 53.4 Å². The molecule has 1 amide bonds. The second-order valence-corrected chi connectivity index (χ2v) is 8.50. The third-order valence-electron chi connectivity index (χ3n) is 4.47. The molecule has 0 aliphatic heterocycles. The maximum atomic E-state index is 12.3. The van der Waals surface area contributed by atoms with Gasteiger partial charge in [0.05, 0.1) is 12.0 Å². The largest absolute Gasteiger partial charge is 0.497 e. The normalized spacial score (nSPS) is 12.3. The number of carbonyl (C=O) groups is 1. The topological polar surface area (TPSA) is 84.9 Å². The minimum absolute atomic E-state index is 0.135. The molecule has 0 aliphatic carbocycles. The van der Waals surface area contributed by atoms with Crippen LogP contribution >= 0.6 is 0 Å². The van der Waals surface area contributed by atoms with Crippen LogP contribution in [0.5, 0.6) is 11.5 Å². The standard InChI is InChI=1S/C21H28N2O5S/c1-5-16(2)22-29(25,26)20-12-10-19(11-13-20)28-15-21(24)23(3)14-17-6-8-18(27-4)9-7-17/h6-13,16,22H,5,14-15H2,1-4H3/t16-/m0/s1. The van der Waals surface area contributed by atoms with Crippen LogP contribution < -0.4 is 14.2 Å². The number of nitrogens with zero attached hydrogens (tertiary/aromatic N) is 1. The fourth-order valence-electron chi connectivity index (χ4n) is 2.48. The van der Waals surface area contributed by atoms with Crippen molar-refractivity contribution in [3.8, 4) is 11.5 Å². The lowest BCUT2D eigenvalue weighted by Gasteiger charge is -2.18. The average Bonchev–Trinajstić information content (AvgIpc) is 2.72. The number of carbonyl (C=O) groups excluding carboxylic acids is 1. The van der Waals surface area contributed by atoms with E-state index in [0.29, 0.717) is 18.7 Å². The number of hydrogen-bond donors (Lipinski definition) is 1. The van der Waals surface area contributed by atoms with Crippen LogP contribution in [0.4, 0.5) is 0 Å². The highest BCUT2D eigenvalue weighted by Crippen LogP contribution is 2.17. The van der Waals surface area contributed by atoms with Gasteiger partial charge in [-0.1, -0.05) is 19.1 Å². The molecule has 0 aliphatic rings. The summed E-state index contributed by atoms with van der Waals surface area (Å²) in [5, 5.41) is 0. The summed E-state index contributed by atoms with van der Waals surface area (Å²) in [5.41, 5.74) is 0.977. The molecule has 2 aromatic carbocycles. The van der Waals surface area contributed by atoms with Crippen LogP contribution in [0.25, 0.3) is 0 Å². The Kier molecular flexibility index (Phi) is 8.04. The highest BCUT2D eigenvalue weighted by Gasteiger charge is 2.17. The van der Waals surface area contributed by atoms with E-state index < -0.39 is 10.0 Å². The molecule has 158 valence electrons. The van der Waals surface area contributed by atoms with E-state index in [4.69, 9.17) is 9.47 Å². The third kappa shape index (κ3) is 6.76. The van der Waals surface area contributed by atoms with Crippen molar-refractivity contribution in [2.45, 2.75) is 37.8 Å². The summed E-state index contributed by atoms with van der Waals surface area (Å²) in [6, 6.07) is 13.4. The van der Waals surface area contributed by atoms with Crippen molar-refractivity contribution in [3.05, 3.63) is 54.1 Å². The van der Waals surface area contributed by atoms with Gasteiger partial charge in [0.25, 0.3) is 5.91 Å². The molecule has 0 spiro atoms. The van der Waals surface area contributed by atoms with E-state index in [1.165, 1.54) is 12.1 Å². The first-order chi connectivity index (χ1) is 13.7. The Labute approximate surface area is 172 Å². The van der Waals surface area contributed by atoms with Crippen LogP contribution in [0.2, 0.25) is 0 Å². The first-order valence-electron chi connectivity index (χ1n) is 9.37. The van der Waals surface area contributed by atoms with Gasteiger partial charge in [-0.25, -0.2) is 13.1 Å². The summed E-state index contributed by atoms with van der Waals surface area (Å²) in [4.78, 5) is 14.0. The van der Waals surface area contributed by atoms with Crippen molar-refractivity contribution in [2.75, 3.05) is 20.8 Å². The second kappa shape index (κ2) is 10.3. The molecule has 0 unspecified atom stereocenters. The molecule has 2 rings (SSSR count). The fourth-order valence-corrected chi connectivity index (χ4v) is 3.81. The molecular weight excluding hydrogens is 392 g/mol. The van der Waals surface area contributed by atoms with E-state index in [0.717, 1.165) is 11.3 Å². The van der Waals surface area contributed by atoms with E-state index in [1.54, 1.807) is 31.2 Å². The molecule has 7 nitrogen and oxygen atoms in total. The summed E-state index contributed by atoms with van der Waals surface area (Å²) in [6.45, 7) is 4.03. The third-order valence-corrected chi connectivity index (χ3v) is 6.08. The number of nitrogens with one attached hydrogen (secondary N) is 1. The van der Waals surface area contributed by atoms with Crippen molar-refractivity contribution in [1.82, 2.24) is 9.62 Å². The molecule has 0 saturated carbocycles. The van der Waals surface area contributed by atoms with E-state index >= 15 is 0 Å². The zero-order valence-electron chi connectivity index (χ0n) is 17.2. The smallest absolute Gasteiger partial charge is 0.260 e. The summed E-state index contributed by atoms with van der Waals surface area (Å²) in [7, 11) is -0.259. The van der Waals surface area contributed by atoms with Crippen LogP contribution in [0.3, 0.4) is 0 Å². The number of ether oxygens (including phenoxy) is 2. The Hall–Kier alpha value is -2.58. The Balaban J connectivity index is 1.89. The molecule has 0 heterocycles. The minimum Gasteiger partial charge on any atom is -0.497 e. The summed E-state index contributed by atoms with van der Waals surface area (Å²) >= 11 is 0. The van der Waals surface area contributed by atoms with Gasteiger partial charge in [-0.3, -0.25) is 4.79 Å². The molecule has 29 heavy (non-hydrogen) atoms. The lowest BCUT2D eigenvalue weighted by molar-refractivity contribution is -0.132. The number of hydrogen-bond acceptors (Lipinski definition) is 5. The van der Waals surface area contributed by atoms with Gasteiger partial charge in [0.15, 0.2) is 6.61 Å². The quantitative estimate of drug-likeness (QED) is 0.639. The number of sulfonamides is 1. The monoisotopic (exact) mass is 420 g/mol. The highest BCUT2D eigenvalue weighted by atomic mass is 32.2. The average molecular weight is 421 g/mol. The first-order valence-corrected chi connectivity index (χ1v) is 10.9. The van der Waals surface area contributed by atoms with Crippen LogP contribution in [-0.4, -0.2) is 46.0 Å². The van der Waals surface area contributed by atoms with Crippen LogP contribution in [0, 0.1) is 0 Å². The Morgan fingerprint density at radius 3 is 2.21 bits per heavy atom. The maximum absolute atomic E-state index is 12.3. The SMILES string of the molecule is CC[C@H](C)NS(=O)(=O)c1ccc(OCC(=O)N(C)Cc2ccc(OC)cc2)cc1. The van der Waals surface area contributed by atoms with Gasteiger partial charge in [0, 0.05) is 19.6 Å². The molecule has 1 N–H and O–H groups in total. The number of benzene rings is 2. The van der Waals surface area contributed by atoms with Gasteiger partial charge in [-0.15, -0.1) is 0 Å². The van der Waals surface area contributed by atoms with E-state index in [9.17, 15) is 13.2 Å². The number of methoxy groups -OCH3 is 1. The Morgan fingerprint density at radius 2 is 1.66 bits per heavy atom. The Morgan fingerprint density at radius 1 is 1.07 bits per heavy atom. The van der Waals surface area contributed by atoms with Crippen molar-refractivity contribution in [2.24, 2.45) is 0 Å². The van der Waals surface area contributed by atoms with Crippen molar-refractivity contribution < 1.29 is 22.7 Å². The van der Waals surface area contributed by atoms with Gasteiger partial charge < -0.3 is 14.4 Å². The lowest BCUT2D eigenvalue weighted by atomic mass is 10.2. The van der Waals surface area contributed by atoms with Gasteiger partial charge in [-0.2, -0.15) is 0 Å². The van der Waals surface area contributed by atoms with E-state index in [2.05, 4.69) is 4.72 Å². The van der Waals surface area contributed by atoms with Gasteiger partial charge in [-0.05, 0) is 55.3 Å². The van der Waals surface area contributed by atoms with Gasteiger partial charge in [0.1, 0.15) is 11.5 Å². The molecule has 0 radical (unpaired) electrons. The van der Waals surface area contributed by atoms with E-state index in [1.807, 2.05) is 38.1 Å². The molecule has 2 aromatic rings. The molecule has 0 bridgehead atoms. The van der Waals surface area contributed by atoms with E-state index in [-0.39, 0.29) is 23.5 Å². The summed E-state index contributed by atoms with van der Waals surface area (Å²) in [6.07, 6.45) is 0.701. The number of rotatable bonds is 10. The molecular formula is C21H28N2O5S. The van der Waals surface area contributed by atoms with Crippen LogP contribution in [-0.2, 0) is 21.4 Å². The number of likely N-dealkylation sites (N-methyl/N-ethyl adjacent to an activating group) is 1. The fraction of sp³-hybridized carbons (Fsp3) is 0.381. The van der Waals surface area contributed by atoms with Crippen LogP contribution in [0.1, 0.15) is 25.8 Å². The zero-order chi connectivity index (χ0) is 21.4. The number of amides is 1. The first kappa shape index (κ1) is 22.7. The van der Waals surface area contributed by atoms with Crippen molar-refractivity contribution in [3.63, 3.8) is 0 Å². The van der Waals surface area contributed by atoms with Gasteiger partial charge >= 0.3 is 0 Å². The highest BCUT2D eigenvalue weighted by molar-refractivity contribution is 7.89. The molecule has 0 saturated heterocycles. The van der Waals surface area contributed by atoms with Gasteiger partial charge in [0.2, 0.25) is 10.0 Å². The Bertz CT molecular complexity index is 896. The minimum atomic E-state index is -3.56. The molecule has 1 atom stereocenters. The zero-order valence-corrected chi connectivity index (χ0v) is 18.0. The van der Waals surface area contributed by atoms with Crippen molar-refractivity contribution in [1.29, 1.82) is 0 Å². The maximum Gasteiger partial charge on any atom is 0.260 e. The second-order valence-electron chi connectivity index (χ2n) is 6.79. The van der Waals surface area contributed by atoms with Crippen molar-refractivity contribution >= 4 is 15.9 Å². The lowest BCUT2D eigenvalue weighted by Crippen LogP contribution is -2.32. The molecule has 0 fully saturated rings. The molecule has 8 heteroatoms. The predicted octanol–water partition coefficient (Wildman–Crippen LogP) is 2.81. The summed E-state index contributed by atoms with van der Waals surface area (Å²) < 4.78 is 37.8.